The smallest absolute Gasteiger partial charge is 0.349 e. The van der Waals surface area contributed by atoms with E-state index in [9.17, 15) is 9.59 Å². The fourth-order valence-corrected chi connectivity index (χ4v) is 2.04. The van der Waals surface area contributed by atoms with Crippen molar-refractivity contribution < 1.29 is 13.9 Å². The van der Waals surface area contributed by atoms with Crippen molar-refractivity contribution in [2.45, 2.75) is 0 Å². The third-order valence-corrected chi connectivity index (χ3v) is 3.11. The molecule has 0 aliphatic heterocycles. The van der Waals surface area contributed by atoms with Crippen LogP contribution in [0.25, 0.3) is 11.0 Å². The first-order valence-electron chi connectivity index (χ1n) is 6.52. The number of nitrogens with one attached hydrogen (secondary N) is 1. The van der Waals surface area contributed by atoms with E-state index in [1.807, 2.05) is 0 Å². The van der Waals surface area contributed by atoms with Crippen LogP contribution in [0.1, 0.15) is 10.4 Å². The molecule has 0 saturated carbocycles. The molecule has 1 N–H and O–H groups in total. The number of methoxy groups -OCH3 is 1. The molecule has 0 saturated heterocycles. The number of carbonyl (C=O) groups is 1. The van der Waals surface area contributed by atoms with Crippen LogP contribution in [0.4, 0.5) is 5.82 Å². The predicted molar refractivity (Wildman–Crippen MR) is 81.2 cm³/mol. The Bertz CT molecular complexity index is 902. The van der Waals surface area contributed by atoms with Gasteiger partial charge in [0, 0.05) is 11.6 Å². The Kier molecular flexibility index (Phi) is 3.57. The zero-order chi connectivity index (χ0) is 15.5. The zero-order valence-corrected chi connectivity index (χ0v) is 11.7. The summed E-state index contributed by atoms with van der Waals surface area (Å²) < 4.78 is 10.2. The Morgan fingerprint density at radius 2 is 2.05 bits per heavy atom. The van der Waals surface area contributed by atoms with E-state index >= 15 is 0 Å². The Balaban J connectivity index is 1.98. The van der Waals surface area contributed by atoms with Crippen LogP contribution in [-0.2, 0) is 0 Å². The summed E-state index contributed by atoms with van der Waals surface area (Å²) in [5, 5.41) is 3.22. The highest BCUT2D eigenvalue weighted by Gasteiger charge is 2.16. The van der Waals surface area contributed by atoms with Crippen LogP contribution in [0.3, 0.4) is 0 Å². The lowest BCUT2D eigenvalue weighted by molar-refractivity contribution is 0.102. The number of pyridine rings is 1. The fourth-order valence-electron chi connectivity index (χ4n) is 2.04. The Hall–Kier alpha value is -3.15. The highest BCUT2D eigenvalue weighted by atomic mass is 16.5. The number of hydrogen-bond acceptors (Lipinski definition) is 5. The van der Waals surface area contributed by atoms with Crippen molar-refractivity contribution in [3.05, 3.63) is 64.6 Å². The van der Waals surface area contributed by atoms with Crippen molar-refractivity contribution in [3.8, 4) is 5.75 Å². The van der Waals surface area contributed by atoms with Crippen molar-refractivity contribution in [1.29, 1.82) is 0 Å². The van der Waals surface area contributed by atoms with E-state index in [0.717, 1.165) is 0 Å². The summed E-state index contributed by atoms with van der Waals surface area (Å²) in [5.74, 6) is 0.0417. The van der Waals surface area contributed by atoms with E-state index in [1.54, 1.807) is 36.4 Å². The molecule has 6 heteroatoms. The van der Waals surface area contributed by atoms with Gasteiger partial charge in [0.25, 0.3) is 5.91 Å². The van der Waals surface area contributed by atoms with Gasteiger partial charge in [-0.25, -0.2) is 9.78 Å². The number of hydrogen-bond donors (Lipinski definition) is 1. The van der Waals surface area contributed by atoms with Crippen LogP contribution in [0.2, 0.25) is 0 Å². The van der Waals surface area contributed by atoms with Gasteiger partial charge >= 0.3 is 5.63 Å². The summed E-state index contributed by atoms with van der Waals surface area (Å²) in [4.78, 5) is 28.2. The highest BCUT2D eigenvalue weighted by molar-refractivity contribution is 6.05. The summed E-state index contributed by atoms with van der Waals surface area (Å²) in [6, 6.07) is 11.8. The Labute approximate surface area is 125 Å². The molecular weight excluding hydrogens is 284 g/mol. The van der Waals surface area contributed by atoms with Crippen molar-refractivity contribution >= 4 is 22.7 Å². The highest BCUT2D eigenvalue weighted by Crippen LogP contribution is 2.21. The predicted octanol–water partition coefficient (Wildman–Crippen LogP) is 2.45. The standard InChI is InChI=1S/C16H12N2O4/c1-21-13-7-4-8-17-14(13)18-15(19)11-9-10-5-2-3-6-12(10)22-16(11)20/h2-9H,1H3,(H,17,18,19). The number of fused-ring (bicyclic) bond motifs is 1. The lowest BCUT2D eigenvalue weighted by atomic mass is 10.2. The molecule has 6 nitrogen and oxygen atoms in total. The topological polar surface area (TPSA) is 81.4 Å². The van der Waals surface area contributed by atoms with Gasteiger partial charge in [-0.3, -0.25) is 4.79 Å². The minimum absolute atomic E-state index is 0.0913. The second kappa shape index (κ2) is 5.69. The van der Waals surface area contributed by atoms with Gasteiger partial charge in [-0.2, -0.15) is 0 Å². The van der Waals surface area contributed by atoms with Crippen LogP contribution in [0.15, 0.2) is 57.9 Å². The number of carbonyl (C=O) groups excluding carboxylic acids is 1. The summed E-state index contributed by atoms with van der Waals surface area (Å²) >= 11 is 0. The number of benzene rings is 1. The Morgan fingerprint density at radius 3 is 2.86 bits per heavy atom. The molecule has 0 radical (unpaired) electrons. The van der Waals surface area contributed by atoms with Gasteiger partial charge in [0.2, 0.25) is 0 Å². The average Bonchev–Trinajstić information content (AvgIpc) is 2.54. The van der Waals surface area contributed by atoms with Gasteiger partial charge < -0.3 is 14.5 Å². The fraction of sp³-hybridized carbons (Fsp3) is 0.0625. The molecule has 110 valence electrons. The first-order chi connectivity index (χ1) is 10.7. The lowest BCUT2D eigenvalue weighted by Crippen LogP contribution is -2.21. The summed E-state index contributed by atoms with van der Waals surface area (Å²) in [5.41, 5.74) is -0.364. The van der Waals surface area contributed by atoms with Gasteiger partial charge in [0.1, 0.15) is 11.1 Å². The number of nitrogens with zero attached hydrogens (tertiary/aromatic N) is 1. The molecule has 22 heavy (non-hydrogen) atoms. The molecule has 0 unspecified atom stereocenters. The maximum absolute atomic E-state index is 12.3. The van der Waals surface area contributed by atoms with Crippen LogP contribution in [0, 0.1) is 0 Å². The summed E-state index contributed by atoms with van der Waals surface area (Å²) in [7, 11) is 1.47. The van der Waals surface area contributed by atoms with Crippen LogP contribution < -0.4 is 15.7 Å². The SMILES string of the molecule is COc1cccnc1NC(=O)c1cc2ccccc2oc1=O. The van der Waals surface area contributed by atoms with Crippen LogP contribution in [0.5, 0.6) is 5.75 Å². The second-order valence-corrected chi connectivity index (χ2v) is 4.49. The van der Waals surface area contributed by atoms with E-state index in [0.29, 0.717) is 16.7 Å². The maximum atomic E-state index is 12.3. The Morgan fingerprint density at radius 1 is 1.23 bits per heavy atom. The van der Waals surface area contributed by atoms with Crippen molar-refractivity contribution in [2.24, 2.45) is 0 Å². The normalized spacial score (nSPS) is 10.4. The van der Waals surface area contributed by atoms with Crippen molar-refractivity contribution in [3.63, 3.8) is 0 Å². The molecule has 2 heterocycles. The van der Waals surface area contributed by atoms with E-state index in [2.05, 4.69) is 10.3 Å². The molecular formula is C16H12N2O4. The van der Waals surface area contributed by atoms with Crippen LogP contribution >= 0.6 is 0 Å². The summed E-state index contributed by atoms with van der Waals surface area (Å²) in [6.07, 6.45) is 1.51. The van der Waals surface area contributed by atoms with Gasteiger partial charge in [-0.1, -0.05) is 18.2 Å². The molecule has 1 aromatic carbocycles. The monoisotopic (exact) mass is 296 g/mol. The first kappa shape index (κ1) is 13.8. The molecule has 0 fully saturated rings. The number of anilines is 1. The molecule has 0 aliphatic rings. The minimum Gasteiger partial charge on any atom is -0.493 e. The quantitative estimate of drug-likeness (QED) is 0.751. The molecule has 0 spiro atoms. The molecule has 3 rings (SSSR count). The van der Waals surface area contributed by atoms with E-state index in [1.165, 1.54) is 19.4 Å². The van der Waals surface area contributed by atoms with E-state index in [-0.39, 0.29) is 11.4 Å². The third kappa shape index (κ3) is 2.54. The minimum atomic E-state index is -0.703. The lowest BCUT2D eigenvalue weighted by Gasteiger charge is -2.08. The largest absolute Gasteiger partial charge is 0.493 e. The van der Waals surface area contributed by atoms with E-state index in [4.69, 9.17) is 9.15 Å². The number of rotatable bonds is 3. The van der Waals surface area contributed by atoms with Gasteiger partial charge in [-0.15, -0.1) is 0 Å². The number of ether oxygens (including phenoxy) is 1. The zero-order valence-electron chi connectivity index (χ0n) is 11.7. The van der Waals surface area contributed by atoms with Crippen LogP contribution in [-0.4, -0.2) is 18.0 Å². The van der Waals surface area contributed by atoms with Crippen molar-refractivity contribution in [1.82, 2.24) is 4.98 Å². The molecule has 0 atom stereocenters. The molecule has 0 bridgehead atoms. The molecule has 3 aromatic rings. The molecule has 1 amide bonds. The van der Waals surface area contributed by atoms with Gasteiger partial charge in [0.05, 0.1) is 7.11 Å². The van der Waals surface area contributed by atoms with Crippen molar-refractivity contribution in [2.75, 3.05) is 12.4 Å². The maximum Gasteiger partial charge on any atom is 0.349 e. The van der Waals surface area contributed by atoms with Gasteiger partial charge in [-0.05, 0) is 24.3 Å². The number of aromatic nitrogens is 1. The van der Waals surface area contributed by atoms with E-state index < -0.39 is 11.5 Å². The summed E-state index contributed by atoms with van der Waals surface area (Å²) in [6.45, 7) is 0. The molecule has 2 aromatic heterocycles. The average molecular weight is 296 g/mol. The molecule has 0 aliphatic carbocycles. The number of para-hydroxylation sites is 1. The van der Waals surface area contributed by atoms with Gasteiger partial charge in [0.15, 0.2) is 11.6 Å². The third-order valence-electron chi connectivity index (χ3n) is 3.11. The number of amides is 1. The first-order valence-corrected chi connectivity index (χ1v) is 6.52. The second-order valence-electron chi connectivity index (χ2n) is 4.49.